The summed E-state index contributed by atoms with van der Waals surface area (Å²) in [6.45, 7) is 2.03. The van der Waals surface area contributed by atoms with Crippen molar-refractivity contribution >= 4 is 16.8 Å². The van der Waals surface area contributed by atoms with E-state index in [1.807, 2.05) is 67.6 Å². The average Bonchev–Trinajstić information content (AvgIpc) is 2.77. The second-order valence-corrected chi connectivity index (χ2v) is 6.93. The third-order valence-electron chi connectivity index (χ3n) is 5.00. The minimum absolute atomic E-state index is 0.124. The van der Waals surface area contributed by atoms with Crippen molar-refractivity contribution in [3.05, 3.63) is 102 Å². The first kappa shape index (κ1) is 18.8. The van der Waals surface area contributed by atoms with Crippen molar-refractivity contribution < 1.29 is 9.18 Å². The summed E-state index contributed by atoms with van der Waals surface area (Å²) in [5.74, 6) is -0.633. The fourth-order valence-corrected chi connectivity index (χ4v) is 3.49. The van der Waals surface area contributed by atoms with Gasteiger partial charge in [0.25, 0.3) is 5.91 Å². The molecule has 4 aromatic rings. The lowest BCUT2D eigenvalue weighted by atomic mass is 10.0. The fourth-order valence-electron chi connectivity index (χ4n) is 3.49. The zero-order chi connectivity index (χ0) is 20.2. The number of carbonyl (C=O) groups is 1. The quantitative estimate of drug-likeness (QED) is 0.464. The van der Waals surface area contributed by atoms with Crippen LogP contribution in [-0.2, 0) is 0 Å². The molecule has 4 heteroatoms. The molecule has 1 heterocycles. The van der Waals surface area contributed by atoms with Crippen LogP contribution in [0.5, 0.6) is 0 Å². The van der Waals surface area contributed by atoms with Gasteiger partial charge in [-0.05, 0) is 36.2 Å². The van der Waals surface area contributed by atoms with Crippen molar-refractivity contribution in [2.24, 2.45) is 0 Å². The summed E-state index contributed by atoms with van der Waals surface area (Å²) >= 11 is 0. The van der Waals surface area contributed by atoms with E-state index in [0.717, 1.165) is 17.5 Å². The van der Waals surface area contributed by atoms with Gasteiger partial charge in [0.05, 0.1) is 22.8 Å². The highest BCUT2D eigenvalue weighted by Gasteiger charge is 2.18. The van der Waals surface area contributed by atoms with Gasteiger partial charge in [-0.1, -0.05) is 67.6 Å². The van der Waals surface area contributed by atoms with Crippen LogP contribution in [0.1, 0.15) is 35.3 Å². The fraction of sp³-hybridized carbons (Fsp3) is 0.120. The Hall–Kier alpha value is -3.53. The Morgan fingerprint density at radius 3 is 2.34 bits per heavy atom. The van der Waals surface area contributed by atoms with Crippen LogP contribution in [-0.4, -0.2) is 10.9 Å². The summed E-state index contributed by atoms with van der Waals surface area (Å²) in [5.41, 5.74) is 3.63. The molecule has 0 aliphatic carbocycles. The number of rotatable bonds is 5. The zero-order valence-corrected chi connectivity index (χ0v) is 16.1. The summed E-state index contributed by atoms with van der Waals surface area (Å²) in [7, 11) is 0. The Bertz CT molecular complexity index is 1140. The van der Waals surface area contributed by atoms with Crippen LogP contribution in [0.2, 0.25) is 0 Å². The van der Waals surface area contributed by atoms with Crippen LogP contribution >= 0.6 is 0 Å². The molecule has 1 atom stereocenters. The molecule has 1 unspecified atom stereocenters. The number of hydrogen-bond donors (Lipinski definition) is 1. The maximum atomic E-state index is 13.9. The molecule has 0 bridgehead atoms. The van der Waals surface area contributed by atoms with E-state index in [1.54, 1.807) is 12.1 Å². The second kappa shape index (κ2) is 8.23. The van der Waals surface area contributed by atoms with E-state index >= 15 is 0 Å². The molecule has 3 nitrogen and oxygen atoms in total. The first-order valence-corrected chi connectivity index (χ1v) is 9.67. The first-order chi connectivity index (χ1) is 14.2. The Labute approximate surface area is 169 Å². The number of amides is 1. The van der Waals surface area contributed by atoms with Gasteiger partial charge in [-0.2, -0.15) is 0 Å². The molecule has 0 aliphatic heterocycles. The smallest absolute Gasteiger partial charge is 0.252 e. The van der Waals surface area contributed by atoms with Gasteiger partial charge in [-0.25, -0.2) is 9.37 Å². The standard InChI is InChI=1S/C25H21FN2O/c1-2-22(17-9-5-3-6-10-17)28-25(29)21-16-24(18-11-7-4-8-12-18)27-23-14-13-19(26)15-20(21)23/h3-16,22H,2H2,1H3,(H,28,29). The van der Waals surface area contributed by atoms with Gasteiger partial charge in [0.1, 0.15) is 5.82 Å². The maximum Gasteiger partial charge on any atom is 0.252 e. The van der Waals surface area contributed by atoms with Crippen LogP contribution in [0.4, 0.5) is 4.39 Å². The highest BCUT2D eigenvalue weighted by Crippen LogP contribution is 2.26. The van der Waals surface area contributed by atoms with Gasteiger partial charge in [-0.3, -0.25) is 4.79 Å². The van der Waals surface area contributed by atoms with Gasteiger partial charge >= 0.3 is 0 Å². The van der Waals surface area contributed by atoms with E-state index in [4.69, 9.17) is 0 Å². The Morgan fingerprint density at radius 1 is 0.966 bits per heavy atom. The average molecular weight is 384 g/mol. The third-order valence-corrected chi connectivity index (χ3v) is 5.00. The predicted octanol–water partition coefficient (Wildman–Crippen LogP) is 5.92. The lowest BCUT2D eigenvalue weighted by Gasteiger charge is -2.18. The number of nitrogens with one attached hydrogen (secondary N) is 1. The topological polar surface area (TPSA) is 42.0 Å². The molecule has 0 saturated carbocycles. The molecule has 144 valence electrons. The number of aromatic nitrogens is 1. The van der Waals surface area contributed by atoms with E-state index in [2.05, 4.69) is 10.3 Å². The number of pyridine rings is 1. The van der Waals surface area contributed by atoms with Gasteiger partial charge in [-0.15, -0.1) is 0 Å². The Morgan fingerprint density at radius 2 is 1.66 bits per heavy atom. The van der Waals surface area contributed by atoms with E-state index in [0.29, 0.717) is 22.2 Å². The number of carbonyl (C=O) groups excluding carboxylic acids is 1. The molecule has 1 N–H and O–H groups in total. The van der Waals surface area contributed by atoms with Crippen LogP contribution in [0, 0.1) is 5.82 Å². The molecule has 0 fully saturated rings. The van der Waals surface area contributed by atoms with Gasteiger partial charge in [0, 0.05) is 10.9 Å². The molecule has 0 aliphatic rings. The normalized spacial score (nSPS) is 11.9. The molecule has 0 spiro atoms. The molecular formula is C25H21FN2O. The molecule has 1 amide bonds. The number of halogens is 1. The largest absolute Gasteiger partial charge is 0.345 e. The van der Waals surface area contributed by atoms with Crippen molar-refractivity contribution in [1.29, 1.82) is 0 Å². The van der Waals surface area contributed by atoms with Crippen molar-refractivity contribution in [3.63, 3.8) is 0 Å². The summed E-state index contributed by atoms with van der Waals surface area (Å²) in [6, 6.07) is 25.5. The minimum Gasteiger partial charge on any atom is -0.345 e. The summed E-state index contributed by atoms with van der Waals surface area (Å²) in [6.07, 6.45) is 0.749. The molecule has 0 saturated heterocycles. The lowest BCUT2D eigenvalue weighted by molar-refractivity contribution is 0.0937. The van der Waals surface area contributed by atoms with Gasteiger partial charge in [0.15, 0.2) is 0 Å². The third kappa shape index (κ3) is 4.02. The van der Waals surface area contributed by atoms with Crippen LogP contribution < -0.4 is 5.32 Å². The summed E-state index contributed by atoms with van der Waals surface area (Å²) in [4.78, 5) is 17.9. The van der Waals surface area contributed by atoms with Crippen LogP contribution in [0.15, 0.2) is 84.9 Å². The summed E-state index contributed by atoms with van der Waals surface area (Å²) < 4.78 is 13.9. The molecule has 29 heavy (non-hydrogen) atoms. The van der Waals surface area contributed by atoms with Crippen molar-refractivity contribution in [3.8, 4) is 11.3 Å². The van der Waals surface area contributed by atoms with E-state index < -0.39 is 5.82 Å². The van der Waals surface area contributed by atoms with E-state index in [-0.39, 0.29) is 11.9 Å². The summed E-state index contributed by atoms with van der Waals surface area (Å²) in [5, 5.41) is 3.61. The zero-order valence-electron chi connectivity index (χ0n) is 16.1. The first-order valence-electron chi connectivity index (χ1n) is 9.67. The van der Waals surface area contributed by atoms with Crippen LogP contribution in [0.25, 0.3) is 22.2 Å². The van der Waals surface area contributed by atoms with Crippen molar-refractivity contribution in [1.82, 2.24) is 10.3 Å². The minimum atomic E-state index is -0.393. The molecular weight excluding hydrogens is 363 g/mol. The Balaban J connectivity index is 1.78. The maximum absolute atomic E-state index is 13.9. The number of fused-ring (bicyclic) bond motifs is 1. The Kier molecular flexibility index (Phi) is 5.34. The lowest BCUT2D eigenvalue weighted by Crippen LogP contribution is -2.28. The number of nitrogens with zero attached hydrogens (tertiary/aromatic N) is 1. The SMILES string of the molecule is CCC(NC(=O)c1cc(-c2ccccc2)nc2ccc(F)cc12)c1ccccc1. The van der Waals surface area contributed by atoms with Gasteiger partial charge in [0.2, 0.25) is 0 Å². The van der Waals surface area contributed by atoms with E-state index in [1.165, 1.54) is 12.1 Å². The monoisotopic (exact) mass is 384 g/mol. The molecule has 4 rings (SSSR count). The highest BCUT2D eigenvalue weighted by atomic mass is 19.1. The van der Waals surface area contributed by atoms with Crippen molar-refractivity contribution in [2.75, 3.05) is 0 Å². The molecule has 1 aromatic heterocycles. The van der Waals surface area contributed by atoms with Gasteiger partial charge < -0.3 is 5.32 Å². The van der Waals surface area contributed by atoms with E-state index in [9.17, 15) is 9.18 Å². The number of hydrogen-bond acceptors (Lipinski definition) is 2. The molecule has 0 radical (unpaired) electrons. The van der Waals surface area contributed by atoms with Crippen molar-refractivity contribution in [2.45, 2.75) is 19.4 Å². The predicted molar refractivity (Wildman–Crippen MR) is 114 cm³/mol. The second-order valence-electron chi connectivity index (χ2n) is 6.93. The van der Waals surface area contributed by atoms with Crippen LogP contribution in [0.3, 0.4) is 0 Å². The number of benzene rings is 3. The highest BCUT2D eigenvalue weighted by molar-refractivity contribution is 6.07. The molecule has 3 aromatic carbocycles.